The molecule has 0 radical (unpaired) electrons. The molecule has 6 heteroatoms. The zero-order valence-electron chi connectivity index (χ0n) is 10.7. The third-order valence-electron chi connectivity index (χ3n) is 2.67. The van der Waals surface area contributed by atoms with Crippen LogP contribution in [0.4, 0.5) is 0 Å². The van der Waals surface area contributed by atoms with Gasteiger partial charge in [0, 0.05) is 18.2 Å². The van der Waals surface area contributed by atoms with Crippen LogP contribution in [0, 0.1) is 0 Å². The number of aromatic nitrogens is 1. The van der Waals surface area contributed by atoms with Gasteiger partial charge in [0.1, 0.15) is 0 Å². The van der Waals surface area contributed by atoms with Crippen molar-refractivity contribution in [3.63, 3.8) is 0 Å². The lowest BCUT2D eigenvalue weighted by molar-refractivity contribution is 0.252. The molecule has 1 aliphatic heterocycles. The number of halogens is 1. The van der Waals surface area contributed by atoms with Crippen molar-refractivity contribution in [2.24, 2.45) is 0 Å². The zero-order chi connectivity index (χ0) is 13.3. The Balaban J connectivity index is 2.22. The Morgan fingerprint density at radius 2 is 2.28 bits per heavy atom. The highest BCUT2D eigenvalue weighted by atomic mass is 35.5. The molecule has 0 bridgehead atoms. The van der Waals surface area contributed by atoms with Crippen molar-refractivity contribution in [1.29, 1.82) is 0 Å². The summed E-state index contributed by atoms with van der Waals surface area (Å²) in [6.45, 7) is 6.38. The van der Waals surface area contributed by atoms with Crippen molar-refractivity contribution in [2.45, 2.75) is 38.0 Å². The van der Waals surface area contributed by atoms with Crippen LogP contribution in [-0.4, -0.2) is 20.5 Å². The topological polar surface area (TPSA) is 51.2 Å². The second-order valence-electron chi connectivity index (χ2n) is 5.24. The van der Waals surface area contributed by atoms with Gasteiger partial charge in [-0.05, 0) is 26.8 Å². The van der Waals surface area contributed by atoms with Crippen molar-refractivity contribution >= 4 is 22.6 Å². The van der Waals surface area contributed by atoms with Gasteiger partial charge in [-0.3, -0.25) is 0 Å². The summed E-state index contributed by atoms with van der Waals surface area (Å²) in [5.74, 6) is 0.578. The van der Waals surface area contributed by atoms with Crippen LogP contribution >= 0.6 is 11.6 Å². The fourth-order valence-electron chi connectivity index (χ4n) is 1.67. The highest BCUT2D eigenvalue weighted by Crippen LogP contribution is 2.32. The van der Waals surface area contributed by atoms with E-state index in [-0.39, 0.29) is 10.8 Å². The van der Waals surface area contributed by atoms with Crippen molar-refractivity contribution in [2.75, 3.05) is 6.61 Å². The normalized spacial score (nSPS) is 21.0. The number of hydrogen-bond acceptors (Lipinski definition) is 3. The average molecular weight is 289 g/mol. The van der Waals surface area contributed by atoms with Gasteiger partial charge in [-0.1, -0.05) is 11.6 Å². The molecule has 0 fully saturated rings. The predicted octanol–water partition coefficient (Wildman–Crippen LogP) is 2.61. The SMILES string of the molecule is CC(C)(C)[S@](=O)N[C@H]1CCOc2ncc(Cl)cc21. The molecule has 4 nitrogen and oxygen atoms in total. The quantitative estimate of drug-likeness (QED) is 0.910. The summed E-state index contributed by atoms with van der Waals surface area (Å²) in [6, 6.07) is 1.79. The molecule has 0 amide bonds. The van der Waals surface area contributed by atoms with Gasteiger partial charge in [0.25, 0.3) is 0 Å². The largest absolute Gasteiger partial charge is 0.477 e. The van der Waals surface area contributed by atoms with Crippen LogP contribution in [0.25, 0.3) is 0 Å². The monoisotopic (exact) mass is 288 g/mol. The summed E-state index contributed by atoms with van der Waals surface area (Å²) in [5.41, 5.74) is 0.881. The third-order valence-corrected chi connectivity index (χ3v) is 4.49. The fraction of sp³-hybridized carbons (Fsp3) is 0.583. The maximum absolute atomic E-state index is 12.1. The van der Waals surface area contributed by atoms with E-state index in [1.54, 1.807) is 6.20 Å². The van der Waals surface area contributed by atoms with E-state index in [1.807, 2.05) is 26.8 Å². The molecule has 0 saturated carbocycles. The van der Waals surface area contributed by atoms with Crippen LogP contribution in [0.3, 0.4) is 0 Å². The second kappa shape index (κ2) is 5.15. The predicted molar refractivity (Wildman–Crippen MR) is 73.1 cm³/mol. The molecule has 100 valence electrons. The first-order valence-electron chi connectivity index (χ1n) is 5.84. The smallest absolute Gasteiger partial charge is 0.218 e. The number of nitrogens with zero attached hydrogens (tertiary/aromatic N) is 1. The molecular formula is C12H17ClN2O2S. The lowest BCUT2D eigenvalue weighted by Crippen LogP contribution is -2.37. The molecule has 1 aliphatic rings. The van der Waals surface area contributed by atoms with Crippen LogP contribution in [0.5, 0.6) is 5.88 Å². The van der Waals surface area contributed by atoms with Crippen LogP contribution in [-0.2, 0) is 11.0 Å². The number of hydrogen-bond donors (Lipinski definition) is 1. The lowest BCUT2D eigenvalue weighted by atomic mass is 10.1. The summed E-state index contributed by atoms with van der Waals surface area (Å²) < 4.78 is 20.4. The fourth-order valence-corrected chi connectivity index (χ4v) is 2.69. The minimum absolute atomic E-state index is 0.0278. The second-order valence-corrected chi connectivity index (χ2v) is 7.67. The highest BCUT2D eigenvalue weighted by molar-refractivity contribution is 7.84. The first kappa shape index (κ1) is 13.8. The Hall–Kier alpha value is -0.650. The molecule has 18 heavy (non-hydrogen) atoms. The van der Waals surface area contributed by atoms with E-state index in [9.17, 15) is 4.21 Å². The highest BCUT2D eigenvalue weighted by Gasteiger charge is 2.28. The minimum atomic E-state index is -1.13. The molecule has 0 spiro atoms. The van der Waals surface area contributed by atoms with Crippen LogP contribution < -0.4 is 9.46 Å². The molecule has 1 aromatic rings. The van der Waals surface area contributed by atoms with Crippen LogP contribution in [0.2, 0.25) is 5.02 Å². The molecular weight excluding hydrogens is 272 g/mol. The summed E-state index contributed by atoms with van der Waals surface area (Å²) >= 11 is 5.95. The van der Waals surface area contributed by atoms with E-state index < -0.39 is 11.0 Å². The van der Waals surface area contributed by atoms with Crippen LogP contribution in [0.15, 0.2) is 12.3 Å². The molecule has 1 N–H and O–H groups in total. The van der Waals surface area contributed by atoms with E-state index in [0.29, 0.717) is 17.5 Å². The summed E-state index contributed by atoms with van der Waals surface area (Å²) in [5, 5.41) is 0.563. The van der Waals surface area contributed by atoms with Gasteiger partial charge in [0.2, 0.25) is 5.88 Å². The lowest BCUT2D eigenvalue weighted by Gasteiger charge is -2.28. The number of rotatable bonds is 2. The summed E-state index contributed by atoms with van der Waals surface area (Å²) in [4.78, 5) is 4.15. The van der Waals surface area contributed by atoms with Gasteiger partial charge in [-0.15, -0.1) is 0 Å². The number of fused-ring (bicyclic) bond motifs is 1. The Kier molecular flexibility index (Phi) is 3.94. The molecule has 0 unspecified atom stereocenters. The molecule has 0 aliphatic carbocycles. The Labute approximate surface area is 115 Å². The average Bonchev–Trinajstić information content (AvgIpc) is 2.28. The number of nitrogens with one attached hydrogen (secondary N) is 1. The minimum Gasteiger partial charge on any atom is -0.477 e. The number of pyridine rings is 1. The first-order valence-corrected chi connectivity index (χ1v) is 7.37. The van der Waals surface area contributed by atoms with Gasteiger partial charge >= 0.3 is 0 Å². The molecule has 0 aromatic carbocycles. The molecule has 1 aromatic heterocycles. The zero-order valence-corrected chi connectivity index (χ0v) is 12.3. The molecule has 0 saturated heterocycles. The maximum atomic E-state index is 12.1. The van der Waals surface area contributed by atoms with E-state index in [1.165, 1.54) is 0 Å². The van der Waals surface area contributed by atoms with Gasteiger partial charge in [0.15, 0.2) is 0 Å². The Morgan fingerprint density at radius 1 is 1.56 bits per heavy atom. The summed E-state index contributed by atoms with van der Waals surface area (Å²) in [7, 11) is -1.13. The maximum Gasteiger partial charge on any atom is 0.218 e. The molecule has 2 atom stereocenters. The van der Waals surface area contributed by atoms with E-state index in [4.69, 9.17) is 16.3 Å². The Morgan fingerprint density at radius 3 is 2.94 bits per heavy atom. The van der Waals surface area contributed by atoms with E-state index in [0.717, 1.165) is 12.0 Å². The van der Waals surface area contributed by atoms with Crippen molar-refractivity contribution in [1.82, 2.24) is 9.71 Å². The standard InChI is InChI=1S/C12H17ClN2O2S/c1-12(2,3)18(16)15-10-4-5-17-11-9(10)6-8(13)7-14-11/h6-7,10,15H,4-5H2,1-3H3/t10-,18-/m0/s1. The van der Waals surface area contributed by atoms with Crippen molar-refractivity contribution in [3.8, 4) is 5.88 Å². The first-order chi connectivity index (χ1) is 8.38. The van der Waals surface area contributed by atoms with Gasteiger partial charge in [0.05, 0.1) is 33.4 Å². The van der Waals surface area contributed by atoms with Crippen LogP contribution in [0.1, 0.15) is 38.8 Å². The van der Waals surface area contributed by atoms with Crippen molar-refractivity contribution < 1.29 is 8.95 Å². The third kappa shape index (κ3) is 3.02. The van der Waals surface area contributed by atoms with Crippen molar-refractivity contribution in [3.05, 3.63) is 22.8 Å². The van der Waals surface area contributed by atoms with Gasteiger partial charge in [-0.25, -0.2) is 13.9 Å². The Bertz CT molecular complexity index is 474. The van der Waals surface area contributed by atoms with E-state index >= 15 is 0 Å². The molecule has 2 rings (SSSR count). The van der Waals surface area contributed by atoms with Gasteiger partial charge in [-0.2, -0.15) is 0 Å². The van der Waals surface area contributed by atoms with E-state index in [2.05, 4.69) is 9.71 Å². The number of ether oxygens (including phenoxy) is 1. The molecule has 2 heterocycles. The van der Waals surface area contributed by atoms with Gasteiger partial charge < -0.3 is 4.74 Å². The summed E-state index contributed by atoms with van der Waals surface area (Å²) in [6.07, 6.45) is 2.32.